The first-order valence-electron chi connectivity index (χ1n) is 8.23. The largest absolute Gasteiger partial charge is 0.493 e. The minimum absolute atomic E-state index is 0.0922. The van der Waals surface area contributed by atoms with Gasteiger partial charge in [0.25, 0.3) is 0 Å². The molecule has 0 radical (unpaired) electrons. The minimum atomic E-state index is -0.719. The van der Waals surface area contributed by atoms with Crippen LogP contribution in [0.1, 0.15) is 15.9 Å². The smallest absolute Gasteiger partial charge is 0.347 e. The van der Waals surface area contributed by atoms with Crippen LogP contribution in [0.4, 0.5) is 0 Å². The van der Waals surface area contributed by atoms with Crippen LogP contribution in [0.3, 0.4) is 0 Å². The number of halogens is 1. The second-order valence-electron chi connectivity index (χ2n) is 5.75. The van der Waals surface area contributed by atoms with Gasteiger partial charge in [-0.05, 0) is 48.6 Å². The standard InChI is InChI=1S/C21H17ClO6/c1-25-18-8-5-12(19(26-2)20(18)27-3)4-7-16(23)15-11-13-10-14(22)6-9-17(13)28-21(15)24/h4-11H,1-3H3. The first kappa shape index (κ1) is 19.5. The highest BCUT2D eigenvalue weighted by molar-refractivity contribution is 6.31. The highest BCUT2D eigenvalue weighted by atomic mass is 35.5. The maximum absolute atomic E-state index is 12.6. The lowest BCUT2D eigenvalue weighted by molar-refractivity contribution is 0.104. The van der Waals surface area contributed by atoms with Crippen molar-refractivity contribution in [2.24, 2.45) is 0 Å². The van der Waals surface area contributed by atoms with E-state index in [9.17, 15) is 9.59 Å². The molecule has 28 heavy (non-hydrogen) atoms. The molecule has 0 aliphatic carbocycles. The fourth-order valence-corrected chi connectivity index (χ4v) is 2.96. The van der Waals surface area contributed by atoms with Gasteiger partial charge in [-0.15, -0.1) is 0 Å². The molecule has 0 N–H and O–H groups in total. The summed E-state index contributed by atoms with van der Waals surface area (Å²) in [5.41, 5.74) is 0.132. The average Bonchev–Trinajstić information content (AvgIpc) is 2.70. The molecular formula is C21H17ClO6. The van der Waals surface area contributed by atoms with Crippen molar-refractivity contribution < 1.29 is 23.4 Å². The van der Waals surface area contributed by atoms with Crippen LogP contribution in [0.2, 0.25) is 5.02 Å². The van der Waals surface area contributed by atoms with E-state index in [0.29, 0.717) is 38.8 Å². The number of carbonyl (C=O) groups excluding carboxylic acids is 1. The SMILES string of the molecule is COc1ccc(C=CC(=O)c2cc3cc(Cl)ccc3oc2=O)c(OC)c1OC. The molecule has 0 saturated carbocycles. The summed E-state index contributed by atoms with van der Waals surface area (Å²) in [6.45, 7) is 0. The molecule has 0 amide bonds. The molecule has 6 nitrogen and oxygen atoms in total. The van der Waals surface area contributed by atoms with Gasteiger partial charge < -0.3 is 18.6 Å². The Balaban J connectivity index is 1.99. The highest BCUT2D eigenvalue weighted by Crippen LogP contribution is 2.40. The van der Waals surface area contributed by atoms with Crippen molar-refractivity contribution in [2.45, 2.75) is 0 Å². The third-order valence-electron chi connectivity index (χ3n) is 4.11. The van der Waals surface area contributed by atoms with Gasteiger partial charge in [0.2, 0.25) is 5.75 Å². The van der Waals surface area contributed by atoms with Crippen LogP contribution in [-0.4, -0.2) is 27.1 Å². The lowest BCUT2D eigenvalue weighted by Gasteiger charge is -2.13. The third-order valence-corrected chi connectivity index (χ3v) is 4.34. The first-order chi connectivity index (χ1) is 13.5. The van der Waals surface area contributed by atoms with E-state index in [1.807, 2.05) is 0 Å². The van der Waals surface area contributed by atoms with E-state index in [4.69, 9.17) is 30.2 Å². The van der Waals surface area contributed by atoms with E-state index in [1.165, 1.54) is 39.5 Å². The number of methoxy groups -OCH3 is 3. The Morgan fingerprint density at radius 2 is 1.75 bits per heavy atom. The lowest BCUT2D eigenvalue weighted by atomic mass is 10.1. The van der Waals surface area contributed by atoms with Gasteiger partial charge in [-0.3, -0.25) is 4.79 Å². The van der Waals surface area contributed by atoms with Crippen LogP contribution in [-0.2, 0) is 0 Å². The Morgan fingerprint density at radius 1 is 1.00 bits per heavy atom. The quantitative estimate of drug-likeness (QED) is 0.347. The monoisotopic (exact) mass is 400 g/mol. The molecule has 7 heteroatoms. The molecule has 3 rings (SSSR count). The zero-order chi connectivity index (χ0) is 20.3. The van der Waals surface area contributed by atoms with Gasteiger partial charge in [0, 0.05) is 16.0 Å². The van der Waals surface area contributed by atoms with E-state index in [1.54, 1.807) is 30.3 Å². The van der Waals surface area contributed by atoms with E-state index in [0.717, 1.165) is 0 Å². The van der Waals surface area contributed by atoms with E-state index in [-0.39, 0.29) is 5.56 Å². The molecule has 0 aliphatic rings. The number of ketones is 1. The number of ether oxygens (including phenoxy) is 3. The fourth-order valence-electron chi connectivity index (χ4n) is 2.78. The van der Waals surface area contributed by atoms with Crippen molar-refractivity contribution in [3.8, 4) is 17.2 Å². The number of carbonyl (C=O) groups is 1. The minimum Gasteiger partial charge on any atom is -0.493 e. The zero-order valence-corrected chi connectivity index (χ0v) is 16.2. The Bertz CT molecular complexity index is 1130. The second-order valence-corrected chi connectivity index (χ2v) is 6.19. The Labute approximate surface area is 165 Å². The van der Waals surface area contributed by atoms with Crippen molar-refractivity contribution in [1.82, 2.24) is 0 Å². The number of benzene rings is 2. The molecule has 3 aromatic rings. The highest BCUT2D eigenvalue weighted by Gasteiger charge is 2.16. The molecule has 144 valence electrons. The van der Waals surface area contributed by atoms with Gasteiger partial charge in [-0.2, -0.15) is 0 Å². The van der Waals surface area contributed by atoms with Crippen molar-refractivity contribution in [2.75, 3.05) is 21.3 Å². The van der Waals surface area contributed by atoms with Gasteiger partial charge in [0.15, 0.2) is 17.3 Å². The summed E-state index contributed by atoms with van der Waals surface area (Å²) in [5, 5.41) is 1.04. The van der Waals surface area contributed by atoms with Gasteiger partial charge >= 0.3 is 5.63 Å². The second kappa shape index (κ2) is 8.19. The molecule has 0 unspecified atom stereocenters. The van der Waals surface area contributed by atoms with Gasteiger partial charge in [-0.25, -0.2) is 4.79 Å². The van der Waals surface area contributed by atoms with Gasteiger partial charge in [-0.1, -0.05) is 11.6 Å². The van der Waals surface area contributed by atoms with Crippen LogP contribution in [0.15, 0.2) is 51.7 Å². The first-order valence-corrected chi connectivity index (χ1v) is 8.61. The number of allylic oxidation sites excluding steroid dienone is 1. The lowest BCUT2D eigenvalue weighted by Crippen LogP contribution is -2.11. The number of hydrogen-bond acceptors (Lipinski definition) is 6. The van der Waals surface area contributed by atoms with Crippen LogP contribution in [0, 0.1) is 0 Å². The molecule has 2 aromatic carbocycles. The summed E-state index contributed by atoms with van der Waals surface area (Å²) in [6.07, 6.45) is 2.80. The van der Waals surface area contributed by atoms with Crippen LogP contribution < -0.4 is 19.8 Å². The van der Waals surface area contributed by atoms with E-state index >= 15 is 0 Å². The number of hydrogen-bond donors (Lipinski definition) is 0. The Kier molecular flexibility index (Phi) is 5.70. The molecule has 1 heterocycles. The van der Waals surface area contributed by atoms with Crippen LogP contribution >= 0.6 is 11.6 Å². The van der Waals surface area contributed by atoms with Crippen molar-refractivity contribution in [3.63, 3.8) is 0 Å². The van der Waals surface area contributed by atoms with Gasteiger partial charge in [0.05, 0.1) is 21.3 Å². The summed E-state index contributed by atoms with van der Waals surface area (Å²) in [4.78, 5) is 24.7. The summed E-state index contributed by atoms with van der Waals surface area (Å²) < 4.78 is 21.1. The summed E-state index contributed by atoms with van der Waals surface area (Å²) in [6, 6.07) is 9.68. The molecular weight excluding hydrogens is 384 g/mol. The summed E-state index contributed by atoms with van der Waals surface area (Å²) in [5.74, 6) is 0.796. The summed E-state index contributed by atoms with van der Waals surface area (Å²) >= 11 is 5.96. The zero-order valence-electron chi connectivity index (χ0n) is 15.4. The molecule has 0 fully saturated rings. The third kappa shape index (κ3) is 3.73. The van der Waals surface area contributed by atoms with E-state index < -0.39 is 11.4 Å². The predicted octanol–water partition coefficient (Wildman–Crippen LogP) is 4.37. The fraction of sp³-hybridized carbons (Fsp3) is 0.143. The molecule has 0 aliphatic heterocycles. The van der Waals surface area contributed by atoms with Gasteiger partial charge in [0.1, 0.15) is 11.1 Å². The molecule has 0 atom stereocenters. The maximum atomic E-state index is 12.6. The number of fused-ring (bicyclic) bond motifs is 1. The molecule has 0 saturated heterocycles. The average molecular weight is 401 g/mol. The molecule has 0 spiro atoms. The molecule has 0 bridgehead atoms. The Morgan fingerprint density at radius 3 is 2.43 bits per heavy atom. The topological polar surface area (TPSA) is 75.0 Å². The van der Waals surface area contributed by atoms with Crippen LogP contribution in [0.25, 0.3) is 17.0 Å². The van der Waals surface area contributed by atoms with Crippen molar-refractivity contribution in [1.29, 1.82) is 0 Å². The number of rotatable bonds is 6. The van der Waals surface area contributed by atoms with Crippen LogP contribution in [0.5, 0.6) is 17.2 Å². The molecule has 1 aromatic heterocycles. The maximum Gasteiger partial charge on any atom is 0.347 e. The van der Waals surface area contributed by atoms with Crippen molar-refractivity contribution >= 4 is 34.4 Å². The van der Waals surface area contributed by atoms with Crippen molar-refractivity contribution in [3.05, 3.63) is 69.0 Å². The normalized spacial score (nSPS) is 11.0. The predicted molar refractivity (Wildman–Crippen MR) is 107 cm³/mol. The summed E-state index contributed by atoms with van der Waals surface area (Å²) in [7, 11) is 4.49. The Hall–Kier alpha value is -3.25. The van der Waals surface area contributed by atoms with E-state index in [2.05, 4.69) is 0 Å².